The second-order valence-electron chi connectivity index (χ2n) is 15.5. The molecular formula is C50H87NO5. The topological polar surface area (TPSA) is 95.9 Å². The van der Waals surface area contributed by atoms with Crippen LogP contribution in [-0.4, -0.2) is 46.9 Å². The minimum atomic E-state index is -0.809. The molecule has 0 aromatic rings. The van der Waals surface area contributed by atoms with Crippen molar-refractivity contribution in [2.45, 2.75) is 225 Å². The normalized spacial score (nSPS) is 14.0. The summed E-state index contributed by atoms with van der Waals surface area (Å²) >= 11 is 0. The predicted molar refractivity (Wildman–Crippen MR) is 241 cm³/mol. The average Bonchev–Trinajstić information content (AvgIpc) is 3.19. The number of esters is 1. The molecule has 6 heteroatoms. The standard InChI is InChI=1S/C50H87NO5/c1-4-7-10-13-16-19-22-24-26-28-30-33-36-39-42-48(53)47(45-52)51-49(54)44-46(41-38-35-32-29-27-25-23-20-17-14-11-8-5-2)56-50(55)43-40-37-34-31-21-18-15-12-9-6-3/h8,11-12,14-15,17,20,23,25,27,29,32,46-48,52-53H,4-7,9-10,13,16,18-19,21-22,24,26,28,30-31,33-45H2,1-3H3,(H,51,54)/b11-8+,15-12-,17-14+,23-20-,27-25-,32-29+. The monoisotopic (exact) mass is 782 g/mol. The predicted octanol–water partition coefficient (Wildman–Crippen LogP) is 13.4. The zero-order valence-corrected chi connectivity index (χ0v) is 36.5. The van der Waals surface area contributed by atoms with E-state index in [4.69, 9.17) is 4.74 Å². The molecule has 0 spiro atoms. The first-order valence-electron chi connectivity index (χ1n) is 23.2. The Bertz CT molecular complexity index is 1060. The number of carbonyl (C=O) groups is 2. The molecule has 0 aromatic heterocycles. The molecule has 0 bridgehead atoms. The molecule has 56 heavy (non-hydrogen) atoms. The first-order chi connectivity index (χ1) is 27.5. The number of nitrogens with one attached hydrogen (secondary N) is 1. The quantitative estimate of drug-likeness (QED) is 0.0249. The van der Waals surface area contributed by atoms with Gasteiger partial charge < -0.3 is 20.3 Å². The van der Waals surface area contributed by atoms with Gasteiger partial charge in [-0.05, 0) is 57.8 Å². The molecule has 0 saturated heterocycles. The number of amides is 1. The number of hydrogen-bond acceptors (Lipinski definition) is 5. The molecule has 0 aliphatic heterocycles. The van der Waals surface area contributed by atoms with Gasteiger partial charge in [-0.3, -0.25) is 9.59 Å². The molecule has 1 amide bonds. The number of hydrogen-bond donors (Lipinski definition) is 3. The summed E-state index contributed by atoms with van der Waals surface area (Å²) in [6.45, 7) is 6.24. The molecule has 6 nitrogen and oxygen atoms in total. The highest BCUT2D eigenvalue weighted by molar-refractivity contribution is 5.77. The van der Waals surface area contributed by atoms with Crippen LogP contribution in [0.1, 0.15) is 207 Å². The van der Waals surface area contributed by atoms with E-state index in [1.807, 2.05) is 48.6 Å². The van der Waals surface area contributed by atoms with Gasteiger partial charge in [0.05, 0.1) is 25.2 Å². The Morgan fingerprint density at radius 2 is 1.04 bits per heavy atom. The van der Waals surface area contributed by atoms with Gasteiger partial charge in [0.25, 0.3) is 0 Å². The summed E-state index contributed by atoms with van der Waals surface area (Å²) in [4.78, 5) is 25.9. The third kappa shape index (κ3) is 38.2. The van der Waals surface area contributed by atoms with E-state index in [0.717, 1.165) is 77.0 Å². The first-order valence-corrected chi connectivity index (χ1v) is 23.2. The summed E-state index contributed by atoms with van der Waals surface area (Å²) in [6.07, 6.45) is 53.9. The molecule has 0 saturated carbocycles. The lowest BCUT2D eigenvalue weighted by Crippen LogP contribution is -2.46. The minimum absolute atomic E-state index is 0.0226. The number of aliphatic hydroxyl groups is 2. The fourth-order valence-electron chi connectivity index (χ4n) is 6.63. The van der Waals surface area contributed by atoms with Crippen LogP contribution in [0.2, 0.25) is 0 Å². The van der Waals surface area contributed by atoms with Gasteiger partial charge in [-0.1, -0.05) is 209 Å². The van der Waals surface area contributed by atoms with Gasteiger partial charge in [0.2, 0.25) is 5.91 Å². The zero-order chi connectivity index (χ0) is 41.0. The van der Waals surface area contributed by atoms with Crippen molar-refractivity contribution in [3.8, 4) is 0 Å². The van der Waals surface area contributed by atoms with Crippen LogP contribution in [0.5, 0.6) is 0 Å². The van der Waals surface area contributed by atoms with Crippen molar-refractivity contribution in [3.63, 3.8) is 0 Å². The Morgan fingerprint density at radius 3 is 1.61 bits per heavy atom. The van der Waals surface area contributed by atoms with E-state index in [0.29, 0.717) is 19.3 Å². The van der Waals surface area contributed by atoms with E-state index in [2.05, 4.69) is 50.4 Å². The van der Waals surface area contributed by atoms with Crippen LogP contribution in [0.15, 0.2) is 72.9 Å². The molecule has 0 radical (unpaired) electrons. The van der Waals surface area contributed by atoms with Crippen molar-refractivity contribution in [3.05, 3.63) is 72.9 Å². The van der Waals surface area contributed by atoms with Crippen LogP contribution in [-0.2, 0) is 14.3 Å². The summed E-state index contributed by atoms with van der Waals surface area (Å²) in [5, 5.41) is 23.6. The second-order valence-corrected chi connectivity index (χ2v) is 15.5. The maximum absolute atomic E-state index is 13.1. The largest absolute Gasteiger partial charge is 0.462 e. The number of carbonyl (C=O) groups excluding carboxylic acids is 2. The lowest BCUT2D eigenvalue weighted by Gasteiger charge is -2.24. The van der Waals surface area contributed by atoms with Crippen LogP contribution in [0.25, 0.3) is 0 Å². The van der Waals surface area contributed by atoms with Crippen LogP contribution < -0.4 is 5.32 Å². The average molecular weight is 782 g/mol. The second kappa shape index (κ2) is 43.4. The number of ether oxygens (including phenoxy) is 1. The van der Waals surface area contributed by atoms with Crippen molar-refractivity contribution in [1.29, 1.82) is 0 Å². The first kappa shape index (κ1) is 53.3. The Labute approximate surface area is 345 Å². The van der Waals surface area contributed by atoms with E-state index < -0.39 is 18.2 Å². The number of rotatable bonds is 40. The third-order valence-corrected chi connectivity index (χ3v) is 10.1. The van der Waals surface area contributed by atoms with Crippen LogP contribution >= 0.6 is 0 Å². The highest BCUT2D eigenvalue weighted by Crippen LogP contribution is 2.16. The molecule has 0 heterocycles. The Hall–Kier alpha value is -2.70. The molecule has 3 atom stereocenters. The fraction of sp³-hybridized carbons (Fsp3) is 0.720. The number of allylic oxidation sites excluding steroid dienone is 12. The zero-order valence-electron chi connectivity index (χ0n) is 36.5. The van der Waals surface area contributed by atoms with E-state index in [1.54, 1.807) is 0 Å². The van der Waals surface area contributed by atoms with E-state index >= 15 is 0 Å². The fourth-order valence-corrected chi connectivity index (χ4v) is 6.63. The minimum Gasteiger partial charge on any atom is -0.462 e. The smallest absolute Gasteiger partial charge is 0.306 e. The van der Waals surface area contributed by atoms with Gasteiger partial charge >= 0.3 is 5.97 Å². The van der Waals surface area contributed by atoms with Gasteiger partial charge in [-0.2, -0.15) is 0 Å². The Kier molecular flexibility index (Phi) is 41.3. The van der Waals surface area contributed by atoms with Gasteiger partial charge in [0, 0.05) is 6.42 Å². The summed E-state index contributed by atoms with van der Waals surface area (Å²) in [5.41, 5.74) is 0. The summed E-state index contributed by atoms with van der Waals surface area (Å²) < 4.78 is 5.85. The van der Waals surface area contributed by atoms with Crippen LogP contribution in [0.3, 0.4) is 0 Å². The number of unbranched alkanes of at least 4 members (excludes halogenated alkanes) is 20. The lowest BCUT2D eigenvalue weighted by atomic mass is 10.0. The van der Waals surface area contributed by atoms with Crippen LogP contribution in [0, 0.1) is 0 Å². The van der Waals surface area contributed by atoms with E-state index in [9.17, 15) is 19.8 Å². The summed E-state index contributed by atoms with van der Waals surface area (Å²) in [7, 11) is 0. The van der Waals surface area contributed by atoms with Gasteiger partial charge in [-0.15, -0.1) is 0 Å². The maximum Gasteiger partial charge on any atom is 0.306 e. The molecule has 0 aromatic carbocycles. The molecule has 0 fully saturated rings. The van der Waals surface area contributed by atoms with Crippen molar-refractivity contribution in [2.24, 2.45) is 0 Å². The lowest BCUT2D eigenvalue weighted by molar-refractivity contribution is -0.151. The Balaban J connectivity index is 4.69. The molecule has 0 aliphatic carbocycles. The molecule has 0 rings (SSSR count). The van der Waals surface area contributed by atoms with Crippen molar-refractivity contribution >= 4 is 11.9 Å². The van der Waals surface area contributed by atoms with E-state index in [-0.39, 0.29) is 24.9 Å². The SMILES string of the molecule is CC/C=C/C=C/C=C\C=C/C=C/CCCC(CC(=O)NC(CO)C(O)CCCCCCCCCCCCCCCC)OC(=O)CCCCCCC/C=C\CCC. The molecule has 3 unspecified atom stereocenters. The summed E-state index contributed by atoms with van der Waals surface area (Å²) in [5.74, 6) is -0.564. The third-order valence-electron chi connectivity index (χ3n) is 10.1. The molecule has 0 aliphatic rings. The Morgan fingerprint density at radius 1 is 0.536 bits per heavy atom. The highest BCUT2D eigenvalue weighted by Gasteiger charge is 2.24. The maximum atomic E-state index is 13.1. The van der Waals surface area contributed by atoms with Crippen molar-refractivity contribution in [2.75, 3.05) is 6.61 Å². The molecule has 3 N–H and O–H groups in total. The number of aliphatic hydroxyl groups excluding tert-OH is 2. The van der Waals surface area contributed by atoms with Gasteiger partial charge in [0.15, 0.2) is 0 Å². The van der Waals surface area contributed by atoms with Gasteiger partial charge in [0.1, 0.15) is 6.10 Å². The van der Waals surface area contributed by atoms with Crippen molar-refractivity contribution in [1.82, 2.24) is 5.32 Å². The highest BCUT2D eigenvalue weighted by atomic mass is 16.5. The van der Waals surface area contributed by atoms with Crippen molar-refractivity contribution < 1.29 is 24.5 Å². The van der Waals surface area contributed by atoms with Crippen LogP contribution in [0.4, 0.5) is 0 Å². The molecular weight excluding hydrogens is 695 g/mol. The molecule has 322 valence electrons. The van der Waals surface area contributed by atoms with Gasteiger partial charge in [-0.25, -0.2) is 0 Å². The summed E-state index contributed by atoms with van der Waals surface area (Å²) in [6, 6.07) is -0.727. The van der Waals surface area contributed by atoms with E-state index in [1.165, 1.54) is 83.5 Å².